The molecule has 5 nitrogen and oxygen atoms in total. The van der Waals surface area contributed by atoms with Gasteiger partial charge in [0.05, 0.1) is 6.54 Å². The average molecular weight is 292 g/mol. The summed E-state index contributed by atoms with van der Waals surface area (Å²) in [5.74, 6) is 0.608. The quantitative estimate of drug-likeness (QED) is 0.840. The highest BCUT2D eigenvalue weighted by Crippen LogP contribution is 2.19. The van der Waals surface area contributed by atoms with E-state index in [1.807, 2.05) is 39.8 Å². The van der Waals surface area contributed by atoms with Crippen LogP contribution in [0, 0.1) is 6.92 Å². The molecule has 1 amide bonds. The second kappa shape index (κ2) is 6.33. The molecule has 1 atom stereocenters. The number of aromatic nitrogens is 1. The molecule has 0 spiro atoms. The first-order valence-electron chi connectivity index (χ1n) is 7.41. The third kappa shape index (κ3) is 4.92. The molecule has 21 heavy (non-hydrogen) atoms. The predicted octanol–water partition coefficient (Wildman–Crippen LogP) is 3.17. The SMILES string of the molecule is Cc1ccc(OC2CCCN(C(=O)OC(C)(C)C)C2)nc1. The molecule has 0 bridgehead atoms. The van der Waals surface area contributed by atoms with Crippen molar-refractivity contribution in [3.05, 3.63) is 23.9 Å². The molecule has 2 heterocycles. The smallest absolute Gasteiger partial charge is 0.410 e. The van der Waals surface area contributed by atoms with E-state index in [4.69, 9.17) is 9.47 Å². The fourth-order valence-corrected chi connectivity index (χ4v) is 2.22. The summed E-state index contributed by atoms with van der Waals surface area (Å²) < 4.78 is 11.3. The lowest BCUT2D eigenvalue weighted by atomic mass is 10.1. The lowest BCUT2D eigenvalue weighted by Crippen LogP contribution is -2.46. The maximum Gasteiger partial charge on any atom is 0.410 e. The molecule has 1 fully saturated rings. The lowest BCUT2D eigenvalue weighted by molar-refractivity contribution is 0.00722. The zero-order chi connectivity index (χ0) is 15.5. The molecule has 116 valence electrons. The van der Waals surface area contributed by atoms with Crippen LogP contribution in [0.3, 0.4) is 0 Å². The Morgan fingerprint density at radius 3 is 2.76 bits per heavy atom. The number of amides is 1. The summed E-state index contributed by atoms with van der Waals surface area (Å²) in [5.41, 5.74) is 0.630. The molecule has 1 aromatic rings. The number of hydrogen-bond acceptors (Lipinski definition) is 4. The Hall–Kier alpha value is -1.78. The monoisotopic (exact) mass is 292 g/mol. The highest BCUT2D eigenvalue weighted by Gasteiger charge is 2.28. The topological polar surface area (TPSA) is 51.7 Å². The van der Waals surface area contributed by atoms with Crippen molar-refractivity contribution >= 4 is 6.09 Å². The molecular weight excluding hydrogens is 268 g/mol. The van der Waals surface area contributed by atoms with Crippen LogP contribution in [0.15, 0.2) is 18.3 Å². The number of carbonyl (C=O) groups excluding carboxylic acids is 1. The minimum absolute atomic E-state index is 0.0264. The van der Waals surface area contributed by atoms with Gasteiger partial charge in [-0.25, -0.2) is 9.78 Å². The van der Waals surface area contributed by atoms with E-state index in [9.17, 15) is 4.79 Å². The first kappa shape index (κ1) is 15.6. The van der Waals surface area contributed by atoms with Crippen molar-refractivity contribution in [2.45, 2.75) is 52.2 Å². The third-order valence-electron chi connectivity index (χ3n) is 3.20. The lowest BCUT2D eigenvalue weighted by Gasteiger charge is -2.33. The van der Waals surface area contributed by atoms with Crippen LogP contribution in [0.5, 0.6) is 5.88 Å². The predicted molar refractivity (Wildman–Crippen MR) is 80.4 cm³/mol. The Labute approximate surface area is 126 Å². The summed E-state index contributed by atoms with van der Waals surface area (Å²) in [5, 5.41) is 0. The largest absolute Gasteiger partial charge is 0.472 e. The summed E-state index contributed by atoms with van der Waals surface area (Å²) >= 11 is 0. The van der Waals surface area contributed by atoms with E-state index in [1.165, 1.54) is 0 Å². The number of pyridine rings is 1. The Balaban J connectivity index is 1.91. The van der Waals surface area contributed by atoms with Crippen LogP contribution in [-0.2, 0) is 4.74 Å². The van der Waals surface area contributed by atoms with Gasteiger partial charge in [0.25, 0.3) is 0 Å². The van der Waals surface area contributed by atoms with Gasteiger partial charge < -0.3 is 14.4 Å². The van der Waals surface area contributed by atoms with Crippen LogP contribution in [0.25, 0.3) is 0 Å². The maximum atomic E-state index is 12.1. The van der Waals surface area contributed by atoms with Crippen molar-refractivity contribution in [2.24, 2.45) is 0 Å². The first-order valence-corrected chi connectivity index (χ1v) is 7.41. The number of likely N-dealkylation sites (tertiary alicyclic amines) is 1. The number of ether oxygens (including phenoxy) is 2. The zero-order valence-corrected chi connectivity index (χ0v) is 13.3. The van der Waals surface area contributed by atoms with E-state index in [0.29, 0.717) is 12.4 Å². The molecule has 5 heteroatoms. The van der Waals surface area contributed by atoms with Gasteiger partial charge in [0, 0.05) is 18.8 Å². The van der Waals surface area contributed by atoms with Crippen molar-refractivity contribution in [3.8, 4) is 5.88 Å². The fourth-order valence-electron chi connectivity index (χ4n) is 2.22. The van der Waals surface area contributed by atoms with E-state index < -0.39 is 5.60 Å². The Morgan fingerprint density at radius 1 is 1.38 bits per heavy atom. The average Bonchev–Trinajstić information content (AvgIpc) is 2.40. The van der Waals surface area contributed by atoms with E-state index in [-0.39, 0.29) is 12.2 Å². The van der Waals surface area contributed by atoms with Crippen molar-refractivity contribution in [2.75, 3.05) is 13.1 Å². The van der Waals surface area contributed by atoms with Gasteiger partial charge in [-0.2, -0.15) is 0 Å². The van der Waals surface area contributed by atoms with E-state index in [0.717, 1.165) is 24.9 Å². The second-order valence-corrected chi connectivity index (χ2v) is 6.48. The molecule has 1 saturated heterocycles. The van der Waals surface area contributed by atoms with Gasteiger partial charge in [0.15, 0.2) is 0 Å². The van der Waals surface area contributed by atoms with Gasteiger partial charge in [-0.05, 0) is 46.1 Å². The van der Waals surface area contributed by atoms with Crippen molar-refractivity contribution in [3.63, 3.8) is 0 Å². The van der Waals surface area contributed by atoms with Crippen molar-refractivity contribution in [1.29, 1.82) is 0 Å². The van der Waals surface area contributed by atoms with Gasteiger partial charge in [-0.1, -0.05) is 6.07 Å². The number of rotatable bonds is 2. The van der Waals surface area contributed by atoms with Gasteiger partial charge in [-0.3, -0.25) is 0 Å². The number of nitrogens with zero attached hydrogens (tertiary/aromatic N) is 2. The van der Waals surface area contributed by atoms with Gasteiger partial charge >= 0.3 is 6.09 Å². The number of carbonyl (C=O) groups is 1. The Morgan fingerprint density at radius 2 is 2.14 bits per heavy atom. The van der Waals surface area contributed by atoms with Gasteiger partial charge in [0.1, 0.15) is 11.7 Å². The summed E-state index contributed by atoms with van der Waals surface area (Å²) in [6.07, 6.45) is 3.32. The minimum Gasteiger partial charge on any atom is -0.472 e. The summed E-state index contributed by atoms with van der Waals surface area (Å²) in [6, 6.07) is 3.83. The molecule has 2 rings (SSSR count). The van der Waals surface area contributed by atoms with Crippen LogP contribution in [0.1, 0.15) is 39.2 Å². The third-order valence-corrected chi connectivity index (χ3v) is 3.20. The van der Waals surface area contributed by atoms with Crippen LogP contribution in [0.2, 0.25) is 0 Å². The van der Waals surface area contributed by atoms with E-state index >= 15 is 0 Å². The maximum absolute atomic E-state index is 12.1. The zero-order valence-electron chi connectivity index (χ0n) is 13.3. The summed E-state index contributed by atoms with van der Waals surface area (Å²) in [4.78, 5) is 18.0. The molecule has 1 aliphatic rings. The molecule has 0 saturated carbocycles. The molecule has 0 aliphatic carbocycles. The highest BCUT2D eigenvalue weighted by atomic mass is 16.6. The van der Waals surface area contributed by atoms with Crippen molar-refractivity contribution in [1.82, 2.24) is 9.88 Å². The van der Waals surface area contributed by atoms with Gasteiger partial charge in [0.2, 0.25) is 5.88 Å². The van der Waals surface area contributed by atoms with Crippen LogP contribution in [0.4, 0.5) is 4.79 Å². The number of aryl methyl sites for hydroxylation is 1. The molecule has 1 aromatic heterocycles. The van der Waals surface area contributed by atoms with Crippen LogP contribution < -0.4 is 4.74 Å². The van der Waals surface area contributed by atoms with Gasteiger partial charge in [-0.15, -0.1) is 0 Å². The molecular formula is C16H24N2O3. The minimum atomic E-state index is -0.469. The number of piperidine rings is 1. The Bertz CT molecular complexity index is 479. The van der Waals surface area contributed by atoms with Crippen molar-refractivity contribution < 1.29 is 14.3 Å². The van der Waals surface area contributed by atoms with Crippen LogP contribution in [-0.4, -0.2) is 40.8 Å². The summed E-state index contributed by atoms with van der Waals surface area (Å²) in [6.45, 7) is 8.87. The summed E-state index contributed by atoms with van der Waals surface area (Å²) in [7, 11) is 0. The first-order chi connectivity index (χ1) is 9.83. The Kier molecular flexibility index (Phi) is 4.70. The van der Waals surface area contributed by atoms with E-state index in [2.05, 4.69) is 4.98 Å². The molecule has 1 unspecified atom stereocenters. The fraction of sp³-hybridized carbons (Fsp3) is 0.625. The second-order valence-electron chi connectivity index (χ2n) is 6.48. The normalized spacial score (nSPS) is 19.2. The van der Waals surface area contributed by atoms with E-state index in [1.54, 1.807) is 11.1 Å². The highest BCUT2D eigenvalue weighted by molar-refractivity contribution is 5.68. The molecule has 0 aromatic carbocycles. The standard InChI is InChI=1S/C16H24N2O3/c1-12-7-8-14(17-10-12)20-13-6-5-9-18(11-13)15(19)21-16(2,3)4/h7-8,10,13H,5-6,9,11H2,1-4H3. The van der Waals surface area contributed by atoms with Crippen LogP contribution >= 0.6 is 0 Å². The molecule has 1 aliphatic heterocycles. The number of hydrogen-bond donors (Lipinski definition) is 0. The molecule has 0 N–H and O–H groups in total. The molecule has 0 radical (unpaired) electrons.